The molecule has 0 aromatic carbocycles. The standard InChI is InChI=1S/C9H22P/c1-8(2)10(6,7)9(3,4)5/h8H,1-7H3/q+1. The molecule has 0 saturated heterocycles. The maximum absolute atomic E-state index is 2.46. The Bertz CT molecular complexity index is 106. The van der Waals surface area contributed by atoms with Gasteiger partial charge in [-0.1, -0.05) is 0 Å². The summed E-state index contributed by atoms with van der Waals surface area (Å²) in [7, 11) is -0.698. The van der Waals surface area contributed by atoms with Crippen LogP contribution in [-0.4, -0.2) is 24.1 Å². The first-order valence-corrected chi connectivity index (χ1v) is 6.78. The van der Waals surface area contributed by atoms with Gasteiger partial charge in [0.15, 0.2) is 0 Å². The Kier molecular flexibility index (Phi) is 2.94. The summed E-state index contributed by atoms with van der Waals surface area (Å²) in [5.41, 5.74) is 0.868. The van der Waals surface area contributed by atoms with Crippen molar-refractivity contribution in [2.24, 2.45) is 0 Å². The van der Waals surface area contributed by atoms with Crippen LogP contribution < -0.4 is 0 Å². The van der Waals surface area contributed by atoms with Crippen LogP contribution in [0.4, 0.5) is 0 Å². The Morgan fingerprint density at radius 2 is 1.30 bits per heavy atom. The third-order valence-electron chi connectivity index (χ3n) is 3.02. The van der Waals surface area contributed by atoms with Gasteiger partial charge in [0, 0.05) is 20.6 Å². The molecule has 0 aromatic heterocycles. The van der Waals surface area contributed by atoms with E-state index in [1.165, 1.54) is 0 Å². The first kappa shape index (κ1) is 10.4. The summed E-state index contributed by atoms with van der Waals surface area (Å²) in [5.74, 6) is 0. The van der Waals surface area contributed by atoms with E-state index in [4.69, 9.17) is 0 Å². The maximum atomic E-state index is 2.46. The second kappa shape index (κ2) is 2.81. The zero-order valence-corrected chi connectivity index (χ0v) is 9.42. The quantitative estimate of drug-likeness (QED) is 0.516. The molecule has 0 spiro atoms. The Morgan fingerprint density at radius 3 is 1.30 bits per heavy atom. The first-order valence-electron chi connectivity index (χ1n) is 4.03. The maximum Gasteiger partial charge on any atom is 0.0712 e. The zero-order valence-electron chi connectivity index (χ0n) is 8.52. The second-order valence-corrected chi connectivity index (χ2v) is 10.3. The second-order valence-electron chi connectivity index (χ2n) is 4.80. The molecule has 0 N–H and O–H groups in total. The van der Waals surface area contributed by atoms with Crippen LogP contribution in [0, 0.1) is 0 Å². The van der Waals surface area contributed by atoms with Gasteiger partial charge in [-0.15, -0.1) is 0 Å². The molecule has 0 aromatic rings. The van der Waals surface area contributed by atoms with E-state index in [0.717, 1.165) is 5.66 Å². The number of rotatable bonds is 1. The van der Waals surface area contributed by atoms with Gasteiger partial charge in [0.05, 0.1) is 10.8 Å². The molecule has 0 fully saturated rings. The molecule has 0 nitrogen and oxygen atoms in total. The molecule has 0 heterocycles. The molecule has 0 aliphatic heterocycles. The van der Waals surface area contributed by atoms with Gasteiger partial charge in [0.1, 0.15) is 0 Å². The molecular weight excluding hydrogens is 139 g/mol. The molecule has 0 aliphatic carbocycles. The first-order chi connectivity index (χ1) is 4.19. The minimum absolute atomic E-state index is 0.529. The van der Waals surface area contributed by atoms with Crippen LogP contribution in [0.5, 0.6) is 0 Å². The highest BCUT2D eigenvalue weighted by Crippen LogP contribution is 2.65. The van der Waals surface area contributed by atoms with E-state index >= 15 is 0 Å². The van der Waals surface area contributed by atoms with Gasteiger partial charge < -0.3 is 0 Å². The van der Waals surface area contributed by atoms with Crippen molar-refractivity contribution >= 4 is 7.26 Å². The molecule has 0 saturated carbocycles. The fourth-order valence-electron chi connectivity index (χ4n) is 0.775. The summed E-state index contributed by atoms with van der Waals surface area (Å²) < 4.78 is 0. The minimum Gasteiger partial charge on any atom is -0.0285 e. The highest BCUT2D eigenvalue weighted by atomic mass is 31.2. The topological polar surface area (TPSA) is 0 Å². The average Bonchev–Trinajstić information content (AvgIpc) is 1.62. The summed E-state index contributed by atoms with van der Waals surface area (Å²) >= 11 is 0. The lowest BCUT2D eigenvalue weighted by molar-refractivity contribution is 0.760. The van der Waals surface area contributed by atoms with E-state index in [1.54, 1.807) is 0 Å². The highest BCUT2D eigenvalue weighted by Gasteiger charge is 2.42. The van der Waals surface area contributed by atoms with E-state index in [0.29, 0.717) is 5.16 Å². The molecule has 0 rings (SSSR count). The number of hydrogen-bond acceptors (Lipinski definition) is 0. The van der Waals surface area contributed by atoms with Crippen LogP contribution >= 0.6 is 7.26 Å². The fourth-order valence-corrected chi connectivity index (χ4v) is 2.32. The summed E-state index contributed by atoms with van der Waals surface area (Å²) in [4.78, 5) is 0. The van der Waals surface area contributed by atoms with E-state index in [2.05, 4.69) is 47.9 Å². The van der Waals surface area contributed by atoms with Crippen molar-refractivity contribution in [3.05, 3.63) is 0 Å². The van der Waals surface area contributed by atoms with Crippen molar-refractivity contribution in [1.29, 1.82) is 0 Å². The van der Waals surface area contributed by atoms with Gasteiger partial charge >= 0.3 is 0 Å². The smallest absolute Gasteiger partial charge is 0.0285 e. The number of hydrogen-bond donors (Lipinski definition) is 0. The highest BCUT2D eigenvalue weighted by molar-refractivity contribution is 7.76. The fraction of sp³-hybridized carbons (Fsp3) is 1.00. The molecule has 1 heteroatoms. The Labute approximate surface area is 66.7 Å². The van der Waals surface area contributed by atoms with Crippen LogP contribution in [0.3, 0.4) is 0 Å². The van der Waals surface area contributed by atoms with Gasteiger partial charge in [-0.25, -0.2) is 0 Å². The van der Waals surface area contributed by atoms with Gasteiger partial charge in [-0.05, 0) is 34.6 Å². The predicted molar refractivity (Wildman–Crippen MR) is 53.7 cm³/mol. The third kappa shape index (κ3) is 1.95. The van der Waals surface area contributed by atoms with Gasteiger partial charge in [-0.2, -0.15) is 0 Å². The monoisotopic (exact) mass is 161 g/mol. The molecule has 0 unspecified atom stereocenters. The van der Waals surface area contributed by atoms with Crippen LogP contribution in [0.25, 0.3) is 0 Å². The minimum atomic E-state index is -0.698. The Morgan fingerprint density at radius 1 is 1.00 bits per heavy atom. The summed E-state index contributed by atoms with van der Waals surface area (Å²) in [5, 5.41) is 0.529. The zero-order chi connectivity index (χ0) is 8.58. The normalized spacial score (nSPS) is 14.4. The Balaban J connectivity index is 4.40. The predicted octanol–water partition coefficient (Wildman–Crippen LogP) is 3.47. The van der Waals surface area contributed by atoms with Crippen LogP contribution in [0.15, 0.2) is 0 Å². The van der Waals surface area contributed by atoms with Crippen molar-refractivity contribution in [3.8, 4) is 0 Å². The summed E-state index contributed by atoms with van der Waals surface area (Å²) in [6, 6.07) is 0. The summed E-state index contributed by atoms with van der Waals surface area (Å²) in [6.07, 6.45) is 0. The van der Waals surface area contributed by atoms with Crippen molar-refractivity contribution in [3.63, 3.8) is 0 Å². The van der Waals surface area contributed by atoms with Gasteiger partial charge in [0.25, 0.3) is 0 Å². The SMILES string of the molecule is CC(C)[P+](C)(C)C(C)(C)C. The van der Waals surface area contributed by atoms with Crippen LogP contribution in [0.1, 0.15) is 34.6 Å². The van der Waals surface area contributed by atoms with Gasteiger partial charge in [0.2, 0.25) is 0 Å². The van der Waals surface area contributed by atoms with E-state index in [-0.39, 0.29) is 0 Å². The molecule has 0 aliphatic rings. The lowest BCUT2D eigenvalue weighted by Gasteiger charge is -2.35. The molecule has 0 amide bonds. The molecule has 10 heavy (non-hydrogen) atoms. The third-order valence-corrected chi connectivity index (χ3v) is 9.06. The van der Waals surface area contributed by atoms with Crippen molar-refractivity contribution in [2.45, 2.75) is 45.4 Å². The van der Waals surface area contributed by atoms with Crippen LogP contribution in [-0.2, 0) is 0 Å². The molecule has 0 atom stereocenters. The van der Waals surface area contributed by atoms with E-state index in [9.17, 15) is 0 Å². The van der Waals surface area contributed by atoms with Gasteiger partial charge in [-0.3, -0.25) is 0 Å². The average molecular weight is 161 g/mol. The lowest BCUT2D eigenvalue weighted by Crippen LogP contribution is -2.24. The Hall–Kier alpha value is 0.430. The van der Waals surface area contributed by atoms with E-state index < -0.39 is 7.26 Å². The lowest BCUT2D eigenvalue weighted by atomic mass is 10.3. The van der Waals surface area contributed by atoms with Crippen molar-refractivity contribution in [1.82, 2.24) is 0 Å². The summed E-state index contributed by atoms with van der Waals surface area (Å²) in [6.45, 7) is 16.7. The molecule has 0 radical (unpaired) electrons. The van der Waals surface area contributed by atoms with E-state index in [1.807, 2.05) is 0 Å². The largest absolute Gasteiger partial charge is 0.0712 e. The van der Waals surface area contributed by atoms with Crippen molar-refractivity contribution < 1.29 is 0 Å². The molecule has 62 valence electrons. The molecule has 0 bridgehead atoms. The van der Waals surface area contributed by atoms with Crippen LogP contribution in [0.2, 0.25) is 0 Å². The molecular formula is C9H22P+. The van der Waals surface area contributed by atoms with Crippen molar-refractivity contribution in [2.75, 3.05) is 13.3 Å².